The van der Waals surface area contributed by atoms with Crippen LogP contribution < -0.4 is 4.74 Å². The molecule has 2 rings (SSSR count). The van der Waals surface area contributed by atoms with E-state index in [1.165, 1.54) is 70.4 Å². The zero-order chi connectivity index (χ0) is 24.3. The molecule has 0 amide bonds. The number of hydrogen-bond donors (Lipinski definition) is 0. The van der Waals surface area contributed by atoms with Crippen molar-refractivity contribution in [3.05, 3.63) is 29.3 Å². The molecule has 0 aliphatic heterocycles. The normalized spacial score (nSPS) is 14.4. The Bertz CT molecular complexity index is 761. The van der Waals surface area contributed by atoms with Crippen molar-refractivity contribution in [2.45, 2.75) is 97.4 Å². The highest BCUT2D eigenvalue weighted by Crippen LogP contribution is 2.38. The molecular formula is C25H38O7Si. The van der Waals surface area contributed by atoms with Crippen molar-refractivity contribution in [2.24, 2.45) is 0 Å². The molecule has 1 fully saturated rings. The standard InChI is InChI=1S/C25H38O7Si/c1-5-6-11-22-14-15-25(24(18-22)23-12-8-7-9-13-23)29-16-10-17-33(30-19(2)26,31-20(3)27)32-21(4)28/h14-15,18,23H,5-13,16-17H2,1-4H3. The van der Waals surface area contributed by atoms with Crippen LogP contribution in [0.4, 0.5) is 0 Å². The first-order chi connectivity index (χ1) is 15.7. The minimum Gasteiger partial charge on any atom is -0.493 e. The van der Waals surface area contributed by atoms with Crippen molar-refractivity contribution in [1.82, 2.24) is 0 Å². The van der Waals surface area contributed by atoms with Gasteiger partial charge in [0.15, 0.2) is 0 Å². The number of ether oxygens (including phenoxy) is 1. The number of benzene rings is 1. The Morgan fingerprint density at radius 2 is 1.52 bits per heavy atom. The molecule has 1 aliphatic rings. The van der Waals surface area contributed by atoms with Gasteiger partial charge in [-0.1, -0.05) is 44.7 Å². The van der Waals surface area contributed by atoms with Crippen molar-refractivity contribution in [3.63, 3.8) is 0 Å². The van der Waals surface area contributed by atoms with E-state index in [0.717, 1.165) is 18.6 Å². The van der Waals surface area contributed by atoms with Gasteiger partial charge in [0.25, 0.3) is 17.9 Å². The molecule has 0 unspecified atom stereocenters. The van der Waals surface area contributed by atoms with Crippen LogP contribution >= 0.6 is 0 Å². The first-order valence-corrected chi connectivity index (χ1v) is 14.0. The molecule has 33 heavy (non-hydrogen) atoms. The maximum atomic E-state index is 11.6. The van der Waals surface area contributed by atoms with Gasteiger partial charge in [-0.05, 0) is 55.2 Å². The monoisotopic (exact) mass is 478 g/mol. The molecule has 0 aromatic heterocycles. The average molecular weight is 479 g/mol. The summed E-state index contributed by atoms with van der Waals surface area (Å²) in [5, 5.41) is 0. The lowest BCUT2D eigenvalue weighted by Crippen LogP contribution is -2.49. The lowest BCUT2D eigenvalue weighted by Gasteiger charge is -2.27. The van der Waals surface area contributed by atoms with Gasteiger partial charge in [-0.25, -0.2) is 0 Å². The highest BCUT2D eigenvalue weighted by atomic mass is 28.4. The molecule has 1 saturated carbocycles. The summed E-state index contributed by atoms with van der Waals surface area (Å²) < 4.78 is 21.9. The Balaban J connectivity index is 2.10. The molecule has 7 nitrogen and oxygen atoms in total. The Hall–Kier alpha value is -2.35. The van der Waals surface area contributed by atoms with Crippen LogP contribution in [0.2, 0.25) is 6.04 Å². The molecule has 0 bridgehead atoms. The van der Waals surface area contributed by atoms with E-state index in [4.69, 9.17) is 18.0 Å². The number of carbonyl (C=O) groups excluding carboxylic acids is 3. The first-order valence-electron chi connectivity index (χ1n) is 12.1. The molecule has 1 aliphatic carbocycles. The Kier molecular flexibility index (Phi) is 10.9. The summed E-state index contributed by atoms with van der Waals surface area (Å²) in [6.07, 6.45) is 9.92. The molecular weight excluding hydrogens is 440 g/mol. The fraction of sp³-hybridized carbons (Fsp3) is 0.640. The highest BCUT2D eigenvalue weighted by Gasteiger charge is 2.51. The van der Waals surface area contributed by atoms with E-state index < -0.39 is 26.7 Å². The minimum atomic E-state index is -3.82. The number of hydrogen-bond acceptors (Lipinski definition) is 7. The summed E-state index contributed by atoms with van der Waals surface area (Å²) >= 11 is 0. The predicted octanol–water partition coefficient (Wildman–Crippen LogP) is 5.47. The second kappa shape index (κ2) is 13.4. The maximum Gasteiger partial charge on any atom is 0.705 e. The fourth-order valence-electron chi connectivity index (χ4n) is 4.34. The molecule has 0 spiro atoms. The lowest BCUT2D eigenvalue weighted by atomic mass is 9.83. The molecule has 0 N–H and O–H groups in total. The van der Waals surface area contributed by atoms with Crippen LogP contribution in [0.3, 0.4) is 0 Å². The van der Waals surface area contributed by atoms with Crippen molar-refractivity contribution >= 4 is 26.7 Å². The molecule has 8 heteroatoms. The van der Waals surface area contributed by atoms with Crippen LogP contribution in [0.25, 0.3) is 0 Å². The van der Waals surface area contributed by atoms with E-state index in [1.54, 1.807) is 0 Å². The van der Waals surface area contributed by atoms with Crippen LogP contribution in [0.5, 0.6) is 5.75 Å². The first kappa shape index (κ1) is 26.9. The zero-order valence-corrected chi connectivity index (χ0v) is 21.4. The van der Waals surface area contributed by atoms with Crippen molar-refractivity contribution in [2.75, 3.05) is 6.61 Å². The largest absolute Gasteiger partial charge is 0.705 e. The quantitative estimate of drug-likeness (QED) is 0.290. The van der Waals surface area contributed by atoms with Crippen molar-refractivity contribution in [1.29, 1.82) is 0 Å². The van der Waals surface area contributed by atoms with Gasteiger partial charge in [0.05, 0.1) is 12.7 Å². The second-order valence-electron chi connectivity index (χ2n) is 8.73. The van der Waals surface area contributed by atoms with E-state index in [2.05, 4.69) is 25.1 Å². The van der Waals surface area contributed by atoms with Crippen molar-refractivity contribution in [3.8, 4) is 5.75 Å². The van der Waals surface area contributed by atoms with E-state index in [1.807, 2.05) is 0 Å². The van der Waals surface area contributed by atoms with Crippen LogP contribution in [0.15, 0.2) is 18.2 Å². The third kappa shape index (κ3) is 9.19. The molecule has 1 aromatic rings. The SMILES string of the molecule is CCCCc1ccc(OCCC[Si](OC(C)=O)(OC(C)=O)OC(C)=O)c(C2CCCCC2)c1. The highest BCUT2D eigenvalue weighted by molar-refractivity contribution is 6.65. The van der Waals surface area contributed by atoms with Gasteiger partial charge in [0, 0.05) is 20.8 Å². The Morgan fingerprint density at radius 1 is 0.909 bits per heavy atom. The predicted molar refractivity (Wildman–Crippen MR) is 127 cm³/mol. The molecule has 0 radical (unpaired) electrons. The van der Waals surface area contributed by atoms with Gasteiger partial charge in [-0.2, -0.15) is 0 Å². The number of unbranched alkanes of at least 4 members (excludes halogenated alkanes) is 1. The van der Waals surface area contributed by atoms with E-state index in [0.29, 0.717) is 18.9 Å². The van der Waals surface area contributed by atoms with Gasteiger partial charge in [0.1, 0.15) is 5.75 Å². The maximum absolute atomic E-state index is 11.6. The smallest absolute Gasteiger partial charge is 0.493 e. The van der Waals surface area contributed by atoms with Gasteiger partial charge >= 0.3 is 8.80 Å². The Labute approximate surface area is 198 Å². The van der Waals surface area contributed by atoms with E-state index >= 15 is 0 Å². The molecule has 0 atom stereocenters. The minimum absolute atomic E-state index is 0.110. The summed E-state index contributed by atoms with van der Waals surface area (Å²) in [5.41, 5.74) is 2.61. The summed E-state index contributed by atoms with van der Waals surface area (Å²) in [6.45, 7) is 6.11. The van der Waals surface area contributed by atoms with Crippen LogP contribution in [0, 0.1) is 0 Å². The third-order valence-corrected chi connectivity index (χ3v) is 8.48. The van der Waals surface area contributed by atoms with E-state index in [-0.39, 0.29) is 6.04 Å². The zero-order valence-electron chi connectivity index (χ0n) is 20.4. The van der Waals surface area contributed by atoms with E-state index in [9.17, 15) is 14.4 Å². The molecule has 0 heterocycles. The topological polar surface area (TPSA) is 88.1 Å². The molecule has 1 aromatic carbocycles. The molecule has 0 saturated heterocycles. The molecule has 184 valence electrons. The van der Waals surface area contributed by atoms with Crippen LogP contribution in [-0.4, -0.2) is 33.3 Å². The Morgan fingerprint density at radius 3 is 2.06 bits per heavy atom. The van der Waals surface area contributed by atoms with Gasteiger partial charge in [-0.3, -0.25) is 14.4 Å². The summed E-state index contributed by atoms with van der Waals surface area (Å²) in [5.74, 6) is -0.596. The number of rotatable bonds is 12. The summed E-state index contributed by atoms with van der Waals surface area (Å²) in [6, 6.07) is 6.60. The number of carbonyl (C=O) groups is 3. The summed E-state index contributed by atoms with van der Waals surface area (Å²) in [4.78, 5) is 34.8. The number of aryl methyl sites for hydroxylation is 1. The summed E-state index contributed by atoms with van der Waals surface area (Å²) in [7, 11) is -3.82. The average Bonchev–Trinajstić information content (AvgIpc) is 2.75. The van der Waals surface area contributed by atoms with Crippen molar-refractivity contribution < 1.29 is 32.4 Å². The van der Waals surface area contributed by atoms with Gasteiger partial charge < -0.3 is 18.0 Å². The third-order valence-electron chi connectivity index (χ3n) is 5.72. The van der Waals surface area contributed by atoms with Crippen LogP contribution in [-0.2, 0) is 34.1 Å². The fourth-order valence-corrected chi connectivity index (χ4v) is 6.66. The second-order valence-corrected chi connectivity index (χ2v) is 11.2. The van der Waals surface area contributed by atoms with Gasteiger partial charge in [0.2, 0.25) is 0 Å². The van der Waals surface area contributed by atoms with Gasteiger partial charge in [-0.15, -0.1) is 0 Å². The van der Waals surface area contributed by atoms with Crippen LogP contribution in [0.1, 0.15) is 96.1 Å². The lowest BCUT2D eigenvalue weighted by molar-refractivity contribution is -0.147.